The van der Waals surface area contributed by atoms with E-state index in [0.717, 1.165) is 25.6 Å². The maximum atomic E-state index is 11.4. The van der Waals surface area contributed by atoms with Crippen molar-refractivity contribution in [3.8, 4) is 0 Å². The molecule has 1 aliphatic carbocycles. The van der Waals surface area contributed by atoms with Crippen molar-refractivity contribution < 1.29 is 9.53 Å². The smallest absolute Gasteiger partial charge is 0.248 e. The van der Waals surface area contributed by atoms with E-state index in [0.29, 0.717) is 5.41 Å². The van der Waals surface area contributed by atoms with Gasteiger partial charge in [-0.1, -0.05) is 6.42 Å². The van der Waals surface area contributed by atoms with E-state index in [9.17, 15) is 4.79 Å². The first kappa shape index (κ1) is 11.9. The van der Waals surface area contributed by atoms with Crippen molar-refractivity contribution in [3.63, 3.8) is 0 Å². The molecule has 2 atom stereocenters. The molecule has 0 aromatic carbocycles. The van der Waals surface area contributed by atoms with Crippen molar-refractivity contribution in [1.29, 1.82) is 0 Å². The Kier molecular flexibility index (Phi) is 3.50. The summed E-state index contributed by atoms with van der Waals surface area (Å²) < 4.78 is 5.61. The van der Waals surface area contributed by atoms with Crippen LogP contribution in [0.25, 0.3) is 0 Å². The lowest BCUT2D eigenvalue weighted by atomic mass is 9.82. The molecule has 1 saturated carbocycles. The number of carbonyl (C=O) groups excluding carboxylic acids is 1. The zero-order valence-electron chi connectivity index (χ0n) is 10.3. The van der Waals surface area contributed by atoms with E-state index < -0.39 is 0 Å². The van der Waals surface area contributed by atoms with Gasteiger partial charge in [-0.2, -0.15) is 0 Å². The highest BCUT2D eigenvalue weighted by Gasteiger charge is 2.46. The topological polar surface area (TPSA) is 41.6 Å². The van der Waals surface area contributed by atoms with Crippen LogP contribution in [0.3, 0.4) is 0 Å². The minimum atomic E-state index is 0.0527. The van der Waals surface area contributed by atoms with E-state index >= 15 is 0 Å². The standard InChI is InChI=1S/C12H22N2O2/c1-14(2)11(15)7-16-9-12-5-3-4-10(12)6-13-8-12/h10,13H,3-9H2,1-2H3/t10-,12+/m1/s1. The fourth-order valence-corrected chi connectivity index (χ4v) is 2.97. The van der Waals surface area contributed by atoms with E-state index in [-0.39, 0.29) is 12.5 Å². The number of fused-ring (bicyclic) bond motifs is 1. The minimum absolute atomic E-state index is 0.0527. The lowest BCUT2D eigenvalue weighted by Crippen LogP contribution is -2.34. The van der Waals surface area contributed by atoms with E-state index in [1.165, 1.54) is 19.3 Å². The SMILES string of the molecule is CN(C)C(=O)COC[C@@]12CCC[C@@H]1CNC2. The van der Waals surface area contributed by atoms with E-state index in [1.54, 1.807) is 19.0 Å². The predicted molar refractivity (Wildman–Crippen MR) is 62.2 cm³/mol. The normalized spacial score (nSPS) is 32.8. The highest BCUT2D eigenvalue weighted by molar-refractivity contribution is 5.76. The molecule has 1 N–H and O–H groups in total. The number of carbonyl (C=O) groups is 1. The van der Waals surface area contributed by atoms with Crippen LogP contribution in [0.15, 0.2) is 0 Å². The Labute approximate surface area is 97.3 Å². The van der Waals surface area contributed by atoms with Crippen LogP contribution in [0.4, 0.5) is 0 Å². The van der Waals surface area contributed by atoms with Gasteiger partial charge in [-0.15, -0.1) is 0 Å². The monoisotopic (exact) mass is 226 g/mol. The summed E-state index contributed by atoms with van der Waals surface area (Å²) in [7, 11) is 3.53. The van der Waals surface area contributed by atoms with Gasteiger partial charge in [0.2, 0.25) is 5.91 Å². The summed E-state index contributed by atoms with van der Waals surface area (Å²) in [6, 6.07) is 0. The first-order chi connectivity index (χ1) is 7.64. The van der Waals surface area contributed by atoms with Crippen LogP contribution in [-0.2, 0) is 9.53 Å². The van der Waals surface area contributed by atoms with E-state index in [2.05, 4.69) is 5.32 Å². The molecule has 2 aliphatic rings. The van der Waals surface area contributed by atoms with Crippen LogP contribution in [0.1, 0.15) is 19.3 Å². The lowest BCUT2D eigenvalue weighted by Gasteiger charge is -2.28. The third-order valence-corrected chi connectivity index (χ3v) is 4.07. The van der Waals surface area contributed by atoms with Crippen molar-refractivity contribution in [2.45, 2.75) is 19.3 Å². The number of ether oxygens (including phenoxy) is 1. The van der Waals surface area contributed by atoms with Gasteiger partial charge in [0.15, 0.2) is 0 Å². The van der Waals surface area contributed by atoms with Crippen molar-refractivity contribution in [1.82, 2.24) is 10.2 Å². The number of hydrogen-bond donors (Lipinski definition) is 1. The molecule has 4 nitrogen and oxygen atoms in total. The van der Waals surface area contributed by atoms with Gasteiger partial charge in [-0.25, -0.2) is 0 Å². The highest BCUT2D eigenvalue weighted by atomic mass is 16.5. The van der Waals surface area contributed by atoms with Gasteiger partial charge in [0, 0.05) is 26.1 Å². The minimum Gasteiger partial charge on any atom is -0.371 e. The molecule has 0 aromatic rings. The molecule has 2 fully saturated rings. The fourth-order valence-electron chi connectivity index (χ4n) is 2.97. The molecule has 92 valence electrons. The Morgan fingerprint density at radius 2 is 2.38 bits per heavy atom. The number of nitrogens with zero attached hydrogens (tertiary/aromatic N) is 1. The van der Waals surface area contributed by atoms with Gasteiger partial charge < -0.3 is 15.0 Å². The van der Waals surface area contributed by atoms with Crippen molar-refractivity contribution >= 4 is 5.91 Å². The molecule has 16 heavy (non-hydrogen) atoms. The molecule has 0 bridgehead atoms. The molecule has 0 spiro atoms. The van der Waals surface area contributed by atoms with Crippen LogP contribution in [0.2, 0.25) is 0 Å². The average molecular weight is 226 g/mol. The Balaban J connectivity index is 1.79. The molecule has 0 radical (unpaired) electrons. The van der Waals surface area contributed by atoms with Gasteiger partial charge in [0.1, 0.15) is 6.61 Å². The Morgan fingerprint density at radius 3 is 3.12 bits per heavy atom. The predicted octanol–water partition coefficient (Wildman–Crippen LogP) is 0.481. The molecule has 1 aliphatic heterocycles. The van der Waals surface area contributed by atoms with Crippen LogP contribution >= 0.6 is 0 Å². The van der Waals surface area contributed by atoms with E-state index in [4.69, 9.17) is 4.74 Å². The quantitative estimate of drug-likeness (QED) is 0.758. The second-order valence-electron chi connectivity index (χ2n) is 5.36. The summed E-state index contributed by atoms with van der Waals surface area (Å²) >= 11 is 0. The van der Waals surface area contributed by atoms with Crippen molar-refractivity contribution in [2.24, 2.45) is 11.3 Å². The van der Waals surface area contributed by atoms with E-state index in [1.807, 2.05) is 0 Å². The zero-order chi connectivity index (χ0) is 11.6. The first-order valence-corrected chi connectivity index (χ1v) is 6.13. The highest BCUT2D eigenvalue weighted by Crippen LogP contribution is 2.45. The molecular formula is C12H22N2O2. The molecule has 1 heterocycles. The maximum Gasteiger partial charge on any atom is 0.248 e. The number of rotatable bonds is 4. The summed E-state index contributed by atoms with van der Waals surface area (Å²) in [6.45, 7) is 3.16. The first-order valence-electron chi connectivity index (χ1n) is 6.13. The summed E-state index contributed by atoms with van der Waals surface area (Å²) in [5, 5.41) is 3.45. The molecule has 4 heteroatoms. The third-order valence-electron chi connectivity index (χ3n) is 4.07. The molecule has 0 aromatic heterocycles. The Morgan fingerprint density at radius 1 is 1.56 bits per heavy atom. The van der Waals surface area contributed by atoms with Gasteiger partial charge >= 0.3 is 0 Å². The maximum absolute atomic E-state index is 11.4. The van der Waals surface area contributed by atoms with Crippen LogP contribution < -0.4 is 5.32 Å². The molecule has 1 amide bonds. The molecule has 0 unspecified atom stereocenters. The number of amides is 1. The van der Waals surface area contributed by atoms with Crippen molar-refractivity contribution in [3.05, 3.63) is 0 Å². The molecule has 2 rings (SSSR count). The van der Waals surface area contributed by atoms with Crippen molar-refractivity contribution in [2.75, 3.05) is 40.4 Å². The second kappa shape index (κ2) is 4.72. The fraction of sp³-hybridized carbons (Fsp3) is 0.917. The number of hydrogen-bond acceptors (Lipinski definition) is 3. The van der Waals surface area contributed by atoms with Gasteiger partial charge in [-0.3, -0.25) is 4.79 Å². The van der Waals surface area contributed by atoms with Crippen LogP contribution in [0, 0.1) is 11.3 Å². The van der Waals surface area contributed by atoms with Crippen LogP contribution in [-0.4, -0.2) is 51.2 Å². The number of nitrogens with one attached hydrogen (secondary N) is 1. The molecule has 1 saturated heterocycles. The molecular weight excluding hydrogens is 204 g/mol. The summed E-state index contributed by atoms with van der Waals surface area (Å²) in [4.78, 5) is 13.0. The Hall–Kier alpha value is -0.610. The van der Waals surface area contributed by atoms with Gasteiger partial charge in [-0.05, 0) is 25.3 Å². The third kappa shape index (κ3) is 2.23. The summed E-state index contributed by atoms with van der Waals surface area (Å²) in [5.41, 5.74) is 0.326. The van der Waals surface area contributed by atoms with Crippen LogP contribution in [0.5, 0.6) is 0 Å². The Bertz CT molecular complexity index is 256. The largest absolute Gasteiger partial charge is 0.371 e. The summed E-state index contributed by atoms with van der Waals surface area (Å²) in [5.74, 6) is 0.818. The second-order valence-corrected chi connectivity index (χ2v) is 5.36. The summed E-state index contributed by atoms with van der Waals surface area (Å²) in [6.07, 6.45) is 3.89. The van der Waals surface area contributed by atoms with Gasteiger partial charge in [0.05, 0.1) is 6.61 Å². The number of likely N-dealkylation sites (N-methyl/N-ethyl adjacent to an activating group) is 1. The average Bonchev–Trinajstić information content (AvgIpc) is 2.75. The van der Waals surface area contributed by atoms with Gasteiger partial charge in [0.25, 0.3) is 0 Å². The lowest BCUT2D eigenvalue weighted by molar-refractivity contribution is -0.134. The zero-order valence-corrected chi connectivity index (χ0v) is 10.3.